The van der Waals surface area contributed by atoms with Gasteiger partial charge in [-0.1, -0.05) is 28.9 Å². The third-order valence-corrected chi connectivity index (χ3v) is 2.75. The quantitative estimate of drug-likeness (QED) is 0.645. The van der Waals surface area contributed by atoms with E-state index in [1.807, 2.05) is 24.4 Å². The van der Waals surface area contributed by atoms with Crippen molar-refractivity contribution in [2.75, 3.05) is 24.6 Å². The Morgan fingerprint density at radius 1 is 1.53 bits per heavy atom. The fraction of sp³-hybridized carbons (Fsp3) is 0.308. The summed E-state index contributed by atoms with van der Waals surface area (Å²) in [6, 6.07) is 5.82. The molecule has 1 aromatic rings. The zero-order chi connectivity index (χ0) is 12.7. The molecule has 0 heterocycles. The highest BCUT2D eigenvalue weighted by Gasteiger charge is 2.00. The largest absolute Gasteiger partial charge is 0.397 e. The molecule has 4 heteroatoms. The second kappa shape index (κ2) is 7.12. The van der Waals surface area contributed by atoms with Crippen molar-refractivity contribution in [1.29, 1.82) is 0 Å². The number of aliphatic imine (C=N–C) groups is 1. The van der Waals surface area contributed by atoms with E-state index in [0.717, 1.165) is 34.4 Å². The minimum Gasteiger partial charge on any atom is -0.397 e. The molecule has 0 aromatic heterocycles. The molecule has 3 nitrogen and oxygen atoms in total. The van der Waals surface area contributed by atoms with Crippen LogP contribution in [0, 0.1) is 0 Å². The molecular formula is C13H18BrN3. The number of nitrogen functional groups attached to an aromatic ring is 1. The van der Waals surface area contributed by atoms with E-state index in [1.54, 1.807) is 7.05 Å². The Kier molecular flexibility index (Phi) is 5.77. The Hall–Kier alpha value is -1.29. The summed E-state index contributed by atoms with van der Waals surface area (Å²) in [6.45, 7) is 2.84. The molecule has 0 bridgehead atoms. The Morgan fingerprint density at radius 3 is 2.88 bits per heavy atom. The minimum absolute atomic E-state index is 0.733. The summed E-state index contributed by atoms with van der Waals surface area (Å²) < 4.78 is 0.986. The predicted octanol–water partition coefficient (Wildman–Crippen LogP) is 3.48. The van der Waals surface area contributed by atoms with E-state index in [9.17, 15) is 0 Å². The first-order valence-electron chi connectivity index (χ1n) is 5.57. The van der Waals surface area contributed by atoms with Crippen LogP contribution >= 0.6 is 15.9 Å². The van der Waals surface area contributed by atoms with Gasteiger partial charge in [-0.2, -0.15) is 0 Å². The number of nitrogens with two attached hydrogens (primary N) is 1. The van der Waals surface area contributed by atoms with Crippen LogP contribution in [0.25, 0.3) is 0 Å². The van der Waals surface area contributed by atoms with Crippen LogP contribution in [0.1, 0.15) is 13.3 Å². The van der Waals surface area contributed by atoms with Gasteiger partial charge >= 0.3 is 0 Å². The van der Waals surface area contributed by atoms with Crippen LogP contribution in [0.5, 0.6) is 0 Å². The van der Waals surface area contributed by atoms with Crippen molar-refractivity contribution in [2.24, 2.45) is 4.99 Å². The number of halogens is 1. The average Bonchev–Trinajstić information content (AvgIpc) is 2.28. The highest BCUT2D eigenvalue weighted by molar-refractivity contribution is 9.10. The summed E-state index contributed by atoms with van der Waals surface area (Å²) in [5.74, 6) is 0. The maximum atomic E-state index is 5.91. The molecule has 92 valence electrons. The zero-order valence-electron chi connectivity index (χ0n) is 10.2. The van der Waals surface area contributed by atoms with E-state index in [2.05, 4.69) is 39.2 Å². The molecule has 0 spiro atoms. The first-order chi connectivity index (χ1) is 8.17. The first kappa shape index (κ1) is 13.8. The van der Waals surface area contributed by atoms with Gasteiger partial charge in [-0.15, -0.1) is 0 Å². The van der Waals surface area contributed by atoms with Gasteiger partial charge in [-0.25, -0.2) is 0 Å². The van der Waals surface area contributed by atoms with E-state index >= 15 is 0 Å². The van der Waals surface area contributed by atoms with Gasteiger partial charge in [0.2, 0.25) is 0 Å². The zero-order valence-corrected chi connectivity index (χ0v) is 11.8. The molecule has 0 saturated heterocycles. The third-order valence-electron chi connectivity index (χ3n) is 2.26. The molecule has 0 atom stereocenters. The molecule has 0 saturated carbocycles. The standard InChI is InChI=1S/C13H18BrN3/c1-3-4-10(8-16-2)9-17-13-6-5-11(14)7-12(13)15/h4-8,17H,3,9,15H2,1-2H3/b10-4+,16-8?. The van der Waals surface area contributed by atoms with Gasteiger partial charge in [0.1, 0.15) is 0 Å². The number of nitrogens with one attached hydrogen (secondary N) is 1. The van der Waals surface area contributed by atoms with E-state index in [-0.39, 0.29) is 0 Å². The van der Waals surface area contributed by atoms with E-state index in [4.69, 9.17) is 5.73 Å². The summed E-state index contributed by atoms with van der Waals surface area (Å²) in [7, 11) is 1.78. The van der Waals surface area contributed by atoms with Crippen molar-refractivity contribution in [1.82, 2.24) is 0 Å². The SMILES string of the molecule is CC/C=C(\C=NC)CNc1ccc(Br)cc1N. The summed E-state index contributed by atoms with van der Waals surface area (Å²) >= 11 is 3.39. The lowest BCUT2D eigenvalue weighted by Gasteiger charge is -2.10. The van der Waals surface area contributed by atoms with E-state index in [0.29, 0.717) is 0 Å². The lowest BCUT2D eigenvalue weighted by Crippen LogP contribution is -2.07. The Bertz CT molecular complexity index is 425. The van der Waals surface area contributed by atoms with Crippen LogP contribution in [-0.4, -0.2) is 19.8 Å². The predicted molar refractivity (Wildman–Crippen MR) is 79.8 cm³/mol. The Labute approximate surface area is 111 Å². The number of hydrogen-bond donors (Lipinski definition) is 2. The highest BCUT2D eigenvalue weighted by Crippen LogP contribution is 2.22. The van der Waals surface area contributed by atoms with Crippen LogP contribution in [0.15, 0.2) is 39.3 Å². The molecule has 0 aliphatic rings. The molecule has 17 heavy (non-hydrogen) atoms. The van der Waals surface area contributed by atoms with Crippen molar-refractivity contribution in [3.8, 4) is 0 Å². The number of benzene rings is 1. The molecule has 0 aliphatic carbocycles. The number of rotatable bonds is 5. The lowest BCUT2D eigenvalue weighted by molar-refractivity contribution is 1.17. The number of allylic oxidation sites excluding steroid dienone is 1. The van der Waals surface area contributed by atoms with E-state index in [1.165, 1.54) is 0 Å². The molecule has 0 unspecified atom stereocenters. The Morgan fingerprint density at radius 2 is 2.29 bits per heavy atom. The van der Waals surface area contributed by atoms with Crippen molar-refractivity contribution in [3.63, 3.8) is 0 Å². The van der Waals surface area contributed by atoms with Gasteiger partial charge in [0.05, 0.1) is 11.4 Å². The number of nitrogens with zero attached hydrogens (tertiary/aromatic N) is 1. The van der Waals surface area contributed by atoms with Gasteiger partial charge in [0, 0.05) is 24.3 Å². The van der Waals surface area contributed by atoms with Crippen molar-refractivity contribution >= 4 is 33.5 Å². The maximum Gasteiger partial charge on any atom is 0.0577 e. The minimum atomic E-state index is 0.733. The van der Waals surface area contributed by atoms with Gasteiger partial charge in [0.15, 0.2) is 0 Å². The molecule has 3 N–H and O–H groups in total. The summed E-state index contributed by atoms with van der Waals surface area (Å²) in [5, 5.41) is 3.30. The lowest BCUT2D eigenvalue weighted by atomic mass is 10.2. The second-order valence-electron chi connectivity index (χ2n) is 3.66. The summed E-state index contributed by atoms with van der Waals surface area (Å²) in [4.78, 5) is 4.03. The molecular weight excluding hydrogens is 278 g/mol. The first-order valence-corrected chi connectivity index (χ1v) is 6.36. The topological polar surface area (TPSA) is 50.4 Å². The molecule has 0 fully saturated rings. The van der Waals surface area contributed by atoms with Crippen LogP contribution in [0.2, 0.25) is 0 Å². The molecule has 1 aromatic carbocycles. The van der Waals surface area contributed by atoms with Crippen LogP contribution in [0.3, 0.4) is 0 Å². The van der Waals surface area contributed by atoms with Crippen LogP contribution in [0.4, 0.5) is 11.4 Å². The van der Waals surface area contributed by atoms with Crippen LogP contribution < -0.4 is 11.1 Å². The van der Waals surface area contributed by atoms with Gasteiger partial charge in [0.25, 0.3) is 0 Å². The normalized spacial score (nSPS) is 12.1. The van der Waals surface area contributed by atoms with Gasteiger partial charge < -0.3 is 11.1 Å². The summed E-state index contributed by atoms with van der Waals surface area (Å²) in [5.41, 5.74) is 8.76. The number of hydrogen-bond acceptors (Lipinski definition) is 3. The van der Waals surface area contributed by atoms with Crippen molar-refractivity contribution < 1.29 is 0 Å². The average molecular weight is 296 g/mol. The van der Waals surface area contributed by atoms with Gasteiger partial charge in [-0.3, -0.25) is 4.99 Å². The number of anilines is 2. The second-order valence-corrected chi connectivity index (χ2v) is 4.58. The monoisotopic (exact) mass is 295 g/mol. The fourth-order valence-electron chi connectivity index (χ4n) is 1.49. The van der Waals surface area contributed by atoms with E-state index < -0.39 is 0 Å². The molecule has 1 rings (SSSR count). The third kappa shape index (κ3) is 4.61. The molecule has 0 aliphatic heterocycles. The van der Waals surface area contributed by atoms with Crippen molar-refractivity contribution in [3.05, 3.63) is 34.3 Å². The Balaban J connectivity index is 2.68. The smallest absolute Gasteiger partial charge is 0.0577 e. The van der Waals surface area contributed by atoms with Crippen molar-refractivity contribution in [2.45, 2.75) is 13.3 Å². The maximum absolute atomic E-state index is 5.91. The molecule has 0 radical (unpaired) electrons. The fourth-order valence-corrected chi connectivity index (χ4v) is 1.87. The van der Waals surface area contributed by atoms with Crippen LogP contribution in [-0.2, 0) is 0 Å². The summed E-state index contributed by atoms with van der Waals surface area (Å²) in [6.07, 6.45) is 5.01. The highest BCUT2D eigenvalue weighted by atomic mass is 79.9. The molecule has 0 amide bonds. The van der Waals surface area contributed by atoms with Gasteiger partial charge in [-0.05, 0) is 30.2 Å².